The summed E-state index contributed by atoms with van der Waals surface area (Å²) in [5.41, 5.74) is 6.46. The van der Waals surface area contributed by atoms with Crippen molar-refractivity contribution in [2.24, 2.45) is 0 Å². The van der Waals surface area contributed by atoms with Gasteiger partial charge in [-0.25, -0.2) is 12.8 Å². The van der Waals surface area contributed by atoms with Crippen molar-refractivity contribution in [1.82, 2.24) is 4.98 Å². The summed E-state index contributed by atoms with van der Waals surface area (Å²) in [6.45, 7) is 0. The van der Waals surface area contributed by atoms with Crippen LogP contribution in [0.1, 0.15) is 5.69 Å². The molecule has 0 radical (unpaired) electrons. The second kappa shape index (κ2) is 5.87. The summed E-state index contributed by atoms with van der Waals surface area (Å²) in [7, 11) is -3.56. The Hall–Kier alpha value is -2.15. The summed E-state index contributed by atoms with van der Waals surface area (Å²) < 4.78 is 39.1. The van der Waals surface area contributed by atoms with Crippen molar-refractivity contribution in [3.8, 4) is 0 Å². The van der Waals surface area contributed by atoms with Crippen molar-refractivity contribution < 1.29 is 12.8 Å². The van der Waals surface area contributed by atoms with Gasteiger partial charge in [-0.1, -0.05) is 6.07 Å². The molecule has 0 aliphatic rings. The third kappa shape index (κ3) is 3.92. The van der Waals surface area contributed by atoms with Crippen LogP contribution in [-0.4, -0.2) is 19.2 Å². The summed E-state index contributed by atoms with van der Waals surface area (Å²) in [5.74, 6) is -0.639. The number of hydrogen-bond donors (Lipinski definition) is 2. The molecule has 0 saturated carbocycles. The van der Waals surface area contributed by atoms with Gasteiger partial charge in [0.2, 0.25) is 10.0 Å². The average molecular weight is 295 g/mol. The summed E-state index contributed by atoms with van der Waals surface area (Å²) in [5, 5.41) is 0. The molecule has 2 aromatic rings. The summed E-state index contributed by atoms with van der Waals surface area (Å²) >= 11 is 0. The number of pyridine rings is 1. The number of nitrogens with zero attached hydrogens (tertiary/aromatic N) is 1. The van der Waals surface area contributed by atoms with Crippen molar-refractivity contribution in [2.45, 2.75) is 6.42 Å². The molecule has 3 N–H and O–H groups in total. The predicted octanol–water partition coefficient (Wildman–Crippen LogP) is 1.79. The molecule has 0 saturated heterocycles. The summed E-state index contributed by atoms with van der Waals surface area (Å²) in [6.07, 6.45) is 1.89. The van der Waals surface area contributed by atoms with E-state index in [1.165, 1.54) is 6.07 Å². The van der Waals surface area contributed by atoms with Gasteiger partial charge >= 0.3 is 0 Å². The third-order valence-corrected chi connectivity index (χ3v) is 3.90. The van der Waals surface area contributed by atoms with E-state index in [0.717, 1.165) is 12.1 Å². The molecule has 0 atom stereocenters. The maximum Gasteiger partial charge on any atom is 0.233 e. The summed E-state index contributed by atoms with van der Waals surface area (Å²) in [6, 6.07) is 8.81. The number of anilines is 2. The number of aryl methyl sites for hydroxylation is 1. The molecule has 5 nitrogen and oxygen atoms in total. The van der Waals surface area contributed by atoms with Crippen molar-refractivity contribution in [3.05, 3.63) is 54.1 Å². The smallest absolute Gasteiger partial charge is 0.233 e. The van der Waals surface area contributed by atoms with Crippen molar-refractivity contribution in [2.75, 3.05) is 16.2 Å². The first kappa shape index (κ1) is 14.3. The zero-order chi connectivity index (χ0) is 14.6. The fourth-order valence-electron chi connectivity index (χ4n) is 1.63. The van der Waals surface area contributed by atoms with Crippen LogP contribution in [0.3, 0.4) is 0 Å². The zero-order valence-electron chi connectivity index (χ0n) is 10.6. The molecule has 106 valence electrons. The highest BCUT2D eigenvalue weighted by molar-refractivity contribution is 7.92. The van der Waals surface area contributed by atoms with E-state index in [9.17, 15) is 12.8 Å². The molecule has 0 amide bonds. The maximum absolute atomic E-state index is 12.9. The molecule has 0 bridgehead atoms. The van der Waals surface area contributed by atoms with Gasteiger partial charge in [-0.2, -0.15) is 0 Å². The SMILES string of the molecule is Nc1cc(F)ccc1NS(=O)(=O)CCc1ccccn1. The van der Waals surface area contributed by atoms with Crippen molar-refractivity contribution >= 4 is 21.4 Å². The van der Waals surface area contributed by atoms with Crippen LogP contribution in [0.4, 0.5) is 15.8 Å². The fourth-order valence-corrected chi connectivity index (χ4v) is 2.73. The molecule has 0 aliphatic carbocycles. The second-order valence-electron chi connectivity index (χ2n) is 4.22. The first-order chi connectivity index (χ1) is 9.46. The highest BCUT2D eigenvalue weighted by Gasteiger charge is 2.13. The number of aromatic nitrogens is 1. The van der Waals surface area contributed by atoms with Crippen LogP contribution in [0.15, 0.2) is 42.6 Å². The number of sulfonamides is 1. The van der Waals surface area contributed by atoms with Gasteiger partial charge in [0, 0.05) is 18.3 Å². The van der Waals surface area contributed by atoms with Gasteiger partial charge in [0.05, 0.1) is 17.1 Å². The Bertz CT molecular complexity index is 690. The Morgan fingerprint density at radius 3 is 2.70 bits per heavy atom. The van der Waals surface area contributed by atoms with E-state index in [1.807, 2.05) is 0 Å². The lowest BCUT2D eigenvalue weighted by molar-refractivity contribution is 0.600. The first-order valence-corrected chi connectivity index (χ1v) is 7.57. The van der Waals surface area contributed by atoms with E-state index in [4.69, 9.17) is 5.73 Å². The molecule has 7 heteroatoms. The van der Waals surface area contributed by atoms with E-state index in [2.05, 4.69) is 9.71 Å². The van der Waals surface area contributed by atoms with E-state index >= 15 is 0 Å². The van der Waals surface area contributed by atoms with E-state index in [0.29, 0.717) is 5.69 Å². The fraction of sp³-hybridized carbons (Fsp3) is 0.154. The van der Waals surface area contributed by atoms with Crippen LogP contribution >= 0.6 is 0 Å². The van der Waals surface area contributed by atoms with E-state index in [-0.39, 0.29) is 23.5 Å². The standard InChI is InChI=1S/C13H14FN3O2S/c14-10-4-5-13(12(15)9-10)17-20(18,19)8-6-11-3-1-2-7-16-11/h1-5,7,9,17H,6,8,15H2. The quantitative estimate of drug-likeness (QED) is 0.823. The van der Waals surface area contributed by atoms with Gasteiger partial charge in [-0.3, -0.25) is 9.71 Å². The minimum atomic E-state index is -3.56. The summed E-state index contributed by atoms with van der Waals surface area (Å²) in [4.78, 5) is 4.05. The second-order valence-corrected chi connectivity index (χ2v) is 6.07. The minimum Gasteiger partial charge on any atom is -0.397 e. The van der Waals surface area contributed by atoms with E-state index in [1.54, 1.807) is 24.4 Å². The number of nitrogen functional groups attached to an aromatic ring is 1. The van der Waals surface area contributed by atoms with Gasteiger partial charge < -0.3 is 5.73 Å². The molecular formula is C13H14FN3O2S. The van der Waals surface area contributed by atoms with Crippen LogP contribution in [0.25, 0.3) is 0 Å². The maximum atomic E-state index is 12.9. The lowest BCUT2D eigenvalue weighted by Crippen LogP contribution is -2.19. The van der Waals surface area contributed by atoms with Crippen LogP contribution in [-0.2, 0) is 16.4 Å². The number of nitrogens with one attached hydrogen (secondary N) is 1. The van der Waals surface area contributed by atoms with Gasteiger partial charge in [0.1, 0.15) is 5.82 Å². The molecule has 0 unspecified atom stereocenters. The van der Waals surface area contributed by atoms with Crippen molar-refractivity contribution in [3.63, 3.8) is 0 Å². The normalized spacial score (nSPS) is 11.2. The number of halogens is 1. The monoisotopic (exact) mass is 295 g/mol. The third-order valence-electron chi connectivity index (χ3n) is 2.63. The highest BCUT2D eigenvalue weighted by Crippen LogP contribution is 2.20. The van der Waals surface area contributed by atoms with Crippen LogP contribution < -0.4 is 10.5 Å². The Kier molecular flexibility index (Phi) is 4.19. The van der Waals surface area contributed by atoms with Gasteiger partial charge in [0.25, 0.3) is 0 Å². The number of rotatable bonds is 5. The van der Waals surface area contributed by atoms with Crippen LogP contribution in [0, 0.1) is 5.82 Å². The minimum absolute atomic E-state index is 0.0476. The molecular weight excluding hydrogens is 281 g/mol. The Morgan fingerprint density at radius 1 is 1.25 bits per heavy atom. The van der Waals surface area contributed by atoms with Gasteiger partial charge in [-0.15, -0.1) is 0 Å². The predicted molar refractivity (Wildman–Crippen MR) is 76.2 cm³/mol. The molecule has 0 fully saturated rings. The van der Waals surface area contributed by atoms with E-state index < -0.39 is 15.8 Å². The van der Waals surface area contributed by atoms with Crippen LogP contribution in [0.5, 0.6) is 0 Å². The molecule has 1 aromatic heterocycles. The molecule has 1 aromatic carbocycles. The molecule has 1 heterocycles. The average Bonchev–Trinajstić information content (AvgIpc) is 2.41. The number of benzene rings is 1. The Labute approximate surface area is 116 Å². The molecule has 2 rings (SSSR count). The zero-order valence-corrected chi connectivity index (χ0v) is 11.4. The lowest BCUT2D eigenvalue weighted by atomic mass is 10.3. The first-order valence-electron chi connectivity index (χ1n) is 5.92. The van der Waals surface area contributed by atoms with Gasteiger partial charge in [0.15, 0.2) is 0 Å². The van der Waals surface area contributed by atoms with Crippen LogP contribution in [0.2, 0.25) is 0 Å². The highest BCUT2D eigenvalue weighted by atomic mass is 32.2. The topological polar surface area (TPSA) is 85.1 Å². The van der Waals surface area contributed by atoms with Crippen molar-refractivity contribution in [1.29, 1.82) is 0 Å². The number of hydrogen-bond acceptors (Lipinski definition) is 4. The Morgan fingerprint density at radius 2 is 2.05 bits per heavy atom. The largest absolute Gasteiger partial charge is 0.397 e. The van der Waals surface area contributed by atoms with Gasteiger partial charge in [-0.05, 0) is 30.3 Å². The number of nitrogens with two attached hydrogens (primary N) is 1. The molecule has 0 aliphatic heterocycles. The molecule has 20 heavy (non-hydrogen) atoms. The molecule has 0 spiro atoms. The Balaban J connectivity index is 2.04. The lowest BCUT2D eigenvalue weighted by Gasteiger charge is -2.10.